The molecule has 0 spiro atoms. The van der Waals surface area contributed by atoms with Crippen molar-refractivity contribution in [2.24, 2.45) is 5.92 Å². The van der Waals surface area contributed by atoms with Gasteiger partial charge in [0.05, 0.1) is 11.6 Å². The largest absolute Gasteiger partial charge is 0.481 e. The van der Waals surface area contributed by atoms with Crippen LogP contribution in [0.5, 0.6) is 0 Å². The molecule has 4 nitrogen and oxygen atoms in total. The molecule has 2 atom stereocenters. The lowest BCUT2D eigenvalue weighted by Crippen LogP contribution is -2.23. The molecular formula is C19H21FN2O2. The molecule has 1 aliphatic rings. The highest BCUT2D eigenvalue weighted by Crippen LogP contribution is 2.33. The Morgan fingerprint density at radius 1 is 1.25 bits per heavy atom. The van der Waals surface area contributed by atoms with Crippen LogP contribution in [0, 0.1) is 11.7 Å². The molecule has 1 aromatic heterocycles. The van der Waals surface area contributed by atoms with Crippen molar-refractivity contribution in [1.82, 2.24) is 9.88 Å². The maximum atomic E-state index is 13.1. The van der Waals surface area contributed by atoms with Crippen molar-refractivity contribution in [2.45, 2.75) is 25.8 Å². The quantitative estimate of drug-likeness (QED) is 0.916. The number of hydrogen-bond donors (Lipinski definition) is 1. The minimum atomic E-state index is -0.805. The van der Waals surface area contributed by atoms with E-state index in [1.165, 1.54) is 17.7 Å². The summed E-state index contributed by atoms with van der Waals surface area (Å²) in [7, 11) is 0. The molecule has 5 heteroatoms. The summed E-state index contributed by atoms with van der Waals surface area (Å²) in [5.74, 6) is -1.72. The van der Waals surface area contributed by atoms with E-state index in [-0.39, 0.29) is 11.7 Å². The van der Waals surface area contributed by atoms with Gasteiger partial charge in [0.25, 0.3) is 0 Å². The first kappa shape index (κ1) is 16.6. The third kappa shape index (κ3) is 3.62. The second-order valence-corrected chi connectivity index (χ2v) is 6.31. The van der Waals surface area contributed by atoms with Crippen LogP contribution in [0.25, 0.3) is 0 Å². The van der Waals surface area contributed by atoms with Crippen LogP contribution in [0.2, 0.25) is 0 Å². The van der Waals surface area contributed by atoms with Gasteiger partial charge in [-0.25, -0.2) is 4.39 Å². The minimum absolute atomic E-state index is 0.127. The van der Waals surface area contributed by atoms with Crippen LogP contribution >= 0.6 is 0 Å². The third-order valence-corrected chi connectivity index (χ3v) is 4.69. The van der Waals surface area contributed by atoms with E-state index in [2.05, 4.69) is 22.9 Å². The maximum absolute atomic E-state index is 13.1. The molecule has 2 heterocycles. The van der Waals surface area contributed by atoms with Gasteiger partial charge in [-0.3, -0.25) is 14.7 Å². The van der Waals surface area contributed by atoms with Crippen molar-refractivity contribution in [2.75, 3.05) is 13.1 Å². The van der Waals surface area contributed by atoms with Gasteiger partial charge in [-0.05, 0) is 35.7 Å². The molecular weight excluding hydrogens is 307 g/mol. The Labute approximate surface area is 141 Å². The van der Waals surface area contributed by atoms with Crippen molar-refractivity contribution in [3.05, 3.63) is 65.2 Å². The van der Waals surface area contributed by atoms with Crippen LogP contribution in [0.15, 0.2) is 42.6 Å². The van der Waals surface area contributed by atoms with Crippen LogP contribution in [0.1, 0.15) is 29.7 Å². The van der Waals surface area contributed by atoms with Gasteiger partial charge in [0.2, 0.25) is 0 Å². The fraction of sp³-hybridized carbons (Fsp3) is 0.368. The Morgan fingerprint density at radius 2 is 2.00 bits per heavy atom. The molecule has 0 radical (unpaired) electrons. The number of halogens is 1. The highest BCUT2D eigenvalue weighted by atomic mass is 19.1. The number of carboxylic acid groups (broad SMARTS) is 1. The number of benzene rings is 1. The average molecular weight is 328 g/mol. The molecule has 1 aliphatic heterocycles. The average Bonchev–Trinajstić information content (AvgIpc) is 3.00. The zero-order chi connectivity index (χ0) is 17.1. The van der Waals surface area contributed by atoms with Crippen molar-refractivity contribution < 1.29 is 14.3 Å². The molecule has 1 N–H and O–H groups in total. The van der Waals surface area contributed by atoms with Crippen LogP contribution < -0.4 is 0 Å². The summed E-state index contributed by atoms with van der Waals surface area (Å²) in [4.78, 5) is 18.2. The minimum Gasteiger partial charge on any atom is -0.481 e. The number of hydrogen-bond acceptors (Lipinski definition) is 3. The molecule has 0 saturated carbocycles. The number of nitrogens with zero attached hydrogens (tertiary/aromatic N) is 2. The Morgan fingerprint density at radius 3 is 2.58 bits per heavy atom. The Bertz CT molecular complexity index is 700. The topological polar surface area (TPSA) is 53.4 Å². The smallest absolute Gasteiger partial charge is 0.308 e. The lowest BCUT2D eigenvalue weighted by atomic mass is 9.89. The van der Waals surface area contributed by atoms with Crippen LogP contribution in [-0.4, -0.2) is 34.0 Å². The van der Waals surface area contributed by atoms with E-state index >= 15 is 0 Å². The molecule has 0 bridgehead atoms. The summed E-state index contributed by atoms with van der Waals surface area (Å²) in [5.41, 5.74) is 3.00. The van der Waals surface area contributed by atoms with E-state index in [1.54, 1.807) is 12.1 Å². The number of pyridine rings is 1. The molecule has 126 valence electrons. The van der Waals surface area contributed by atoms with Gasteiger partial charge in [-0.15, -0.1) is 0 Å². The van der Waals surface area contributed by atoms with Crippen LogP contribution in [0.3, 0.4) is 0 Å². The number of aromatic nitrogens is 1. The molecule has 0 amide bonds. The fourth-order valence-electron chi connectivity index (χ4n) is 3.30. The summed E-state index contributed by atoms with van der Waals surface area (Å²) >= 11 is 0. The van der Waals surface area contributed by atoms with Crippen LogP contribution in [-0.2, 0) is 17.8 Å². The molecule has 1 fully saturated rings. The summed E-state index contributed by atoms with van der Waals surface area (Å²) in [6.45, 7) is 3.84. The zero-order valence-corrected chi connectivity index (χ0v) is 13.7. The van der Waals surface area contributed by atoms with Gasteiger partial charge in [-0.1, -0.05) is 25.1 Å². The molecule has 1 aromatic carbocycles. The summed E-state index contributed by atoms with van der Waals surface area (Å²) in [6, 6.07) is 10.2. The number of aliphatic carboxylic acids is 1. The van der Waals surface area contributed by atoms with Crippen molar-refractivity contribution in [3.8, 4) is 0 Å². The standard InChI is InChI=1S/C19H21FN2O2/c1-2-13-3-8-16(21-9-13)10-22-11-17(18(12-22)19(23)24)14-4-6-15(20)7-5-14/h3-9,17-18H,2,10-12H2,1H3,(H,23,24)/t17-,18+/m0/s1. The fourth-order valence-corrected chi connectivity index (χ4v) is 3.30. The van der Waals surface area contributed by atoms with Crippen molar-refractivity contribution in [3.63, 3.8) is 0 Å². The highest BCUT2D eigenvalue weighted by molar-refractivity contribution is 5.72. The molecule has 0 aliphatic carbocycles. The lowest BCUT2D eigenvalue weighted by Gasteiger charge is -2.16. The second kappa shape index (κ2) is 7.09. The summed E-state index contributed by atoms with van der Waals surface area (Å²) < 4.78 is 13.1. The maximum Gasteiger partial charge on any atom is 0.308 e. The molecule has 1 saturated heterocycles. The van der Waals surface area contributed by atoms with E-state index in [0.717, 1.165) is 17.7 Å². The summed E-state index contributed by atoms with van der Waals surface area (Å²) in [6.07, 6.45) is 2.82. The van der Waals surface area contributed by atoms with E-state index < -0.39 is 11.9 Å². The Hall–Kier alpha value is -2.27. The Balaban J connectivity index is 1.74. The molecule has 0 unspecified atom stereocenters. The van der Waals surface area contributed by atoms with Gasteiger partial charge >= 0.3 is 5.97 Å². The van der Waals surface area contributed by atoms with E-state index in [0.29, 0.717) is 19.6 Å². The first-order valence-electron chi connectivity index (χ1n) is 8.21. The first-order valence-corrected chi connectivity index (χ1v) is 8.21. The SMILES string of the molecule is CCc1ccc(CN2C[C@@H](C(=O)O)[C@H](c3ccc(F)cc3)C2)nc1. The van der Waals surface area contributed by atoms with Gasteiger partial charge in [0.1, 0.15) is 5.82 Å². The van der Waals surface area contributed by atoms with Crippen LogP contribution in [0.4, 0.5) is 4.39 Å². The number of likely N-dealkylation sites (tertiary alicyclic amines) is 1. The summed E-state index contributed by atoms with van der Waals surface area (Å²) in [5, 5.41) is 9.54. The zero-order valence-electron chi connectivity index (χ0n) is 13.7. The number of rotatable bonds is 5. The normalized spacial score (nSPS) is 21.1. The predicted octanol–water partition coefficient (Wildman–Crippen LogP) is 3.08. The molecule has 24 heavy (non-hydrogen) atoms. The van der Waals surface area contributed by atoms with E-state index in [4.69, 9.17) is 0 Å². The van der Waals surface area contributed by atoms with E-state index in [9.17, 15) is 14.3 Å². The first-order chi connectivity index (χ1) is 11.6. The van der Waals surface area contributed by atoms with Gasteiger partial charge in [0, 0.05) is 31.7 Å². The lowest BCUT2D eigenvalue weighted by molar-refractivity contribution is -0.141. The van der Waals surface area contributed by atoms with Crippen molar-refractivity contribution in [1.29, 1.82) is 0 Å². The number of aryl methyl sites for hydroxylation is 1. The van der Waals surface area contributed by atoms with E-state index in [1.807, 2.05) is 12.3 Å². The molecule has 2 aromatic rings. The monoisotopic (exact) mass is 328 g/mol. The molecule has 3 rings (SSSR count). The number of carboxylic acids is 1. The van der Waals surface area contributed by atoms with Gasteiger partial charge in [-0.2, -0.15) is 0 Å². The second-order valence-electron chi connectivity index (χ2n) is 6.31. The number of carbonyl (C=O) groups is 1. The van der Waals surface area contributed by atoms with Gasteiger partial charge < -0.3 is 5.11 Å². The Kier molecular flexibility index (Phi) is 4.90. The third-order valence-electron chi connectivity index (χ3n) is 4.69. The van der Waals surface area contributed by atoms with Crippen molar-refractivity contribution >= 4 is 5.97 Å². The van der Waals surface area contributed by atoms with Gasteiger partial charge in [0.15, 0.2) is 0 Å². The predicted molar refractivity (Wildman–Crippen MR) is 89.2 cm³/mol. The highest BCUT2D eigenvalue weighted by Gasteiger charge is 2.38.